The van der Waals surface area contributed by atoms with Gasteiger partial charge in [-0.1, -0.05) is 30.3 Å². The Labute approximate surface area is 164 Å². The molecule has 2 aliphatic rings. The Morgan fingerprint density at radius 2 is 2.00 bits per heavy atom. The summed E-state index contributed by atoms with van der Waals surface area (Å²) in [6, 6.07) is 12.9. The lowest BCUT2D eigenvalue weighted by molar-refractivity contribution is -0.140. The normalized spacial score (nSPS) is 21.5. The second kappa shape index (κ2) is 8.27. The fourth-order valence-electron chi connectivity index (χ4n) is 4.21. The van der Waals surface area contributed by atoms with E-state index in [0.29, 0.717) is 45.1 Å². The molecule has 6 heteroatoms. The maximum Gasteiger partial charge on any atom is 0.233 e. The second-order valence-electron chi connectivity index (χ2n) is 7.59. The Hall–Kier alpha value is -2.47. The van der Waals surface area contributed by atoms with Crippen LogP contribution in [0.2, 0.25) is 0 Å². The van der Waals surface area contributed by atoms with Crippen molar-refractivity contribution < 1.29 is 18.7 Å². The van der Waals surface area contributed by atoms with Crippen LogP contribution >= 0.6 is 0 Å². The molecule has 3 heterocycles. The molecular weight excluding hydrogens is 359 g/mol. The van der Waals surface area contributed by atoms with Gasteiger partial charge in [-0.15, -0.1) is 0 Å². The summed E-state index contributed by atoms with van der Waals surface area (Å²) in [5, 5.41) is 0. The first-order valence-corrected chi connectivity index (χ1v) is 9.84. The van der Waals surface area contributed by atoms with Crippen molar-refractivity contribution in [3.8, 4) is 5.88 Å². The van der Waals surface area contributed by atoms with Gasteiger partial charge in [0.05, 0.1) is 18.2 Å². The van der Waals surface area contributed by atoms with Crippen LogP contribution in [0, 0.1) is 11.7 Å². The van der Waals surface area contributed by atoms with Gasteiger partial charge < -0.3 is 14.4 Å². The first-order chi connectivity index (χ1) is 13.7. The van der Waals surface area contributed by atoms with Gasteiger partial charge in [-0.3, -0.25) is 4.79 Å². The lowest BCUT2D eigenvalue weighted by Crippen LogP contribution is -2.49. The molecule has 4 rings (SSSR count). The average Bonchev–Trinajstić information content (AvgIpc) is 3.23. The van der Waals surface area contributed by atoms with E-state index >= 15 is 0 Å². The van der Waals surface area contributed by atoms with Crippen molar-refractivity contribution in [3.63, 3.8) is 0 Å². The number of pyridine rings is 1. The van der Waals surface area contributed by atoms with Crippen molar-refractivity contribution >= 4 is 5.91 Å². The number of aromatic nitrogens is 1. The van der Waals surface area contributed by atoms with E-state index in [4.69, 9.17) is 9.47 Å². The highest BCUT2D eigenvalue weighted by atomic mass is 19.1. The predicted molar refractivity (Wildman–Crippen MR) is 103 cm³/mol. The number of likely N-dealkylation sites (tertiary alicyclic amines) is 1. The monoisotopic (exact) mass is 384 g/mol. The Kier molecular flexibility index (Phi) is 5.57. The van der Waals surface area contributed by atoms with Crippen LogP contribution in [-0.2, 0) is 14.9 Å². The standard InChI is InChI=1S/C22H25FN2O3/c23-19-6-7-20(24-14-19)28-16-17-8-11-25(15-17)21(26)22(9-12-27-13-10-22)18-4-2-1-3-5-18/h1-7,14,17H,8-13,15-16H2. The highest BCUT2D eigenvalue weighted by molar-refractivity contribution is 5.88. The summed E-state index contributed by atoms with van der Waals surface area (Å²) in [7, 11) is 0. The maximum absolute atomic E-state index is 13.6. The van der Waals surface area contributed by atoms with Crippen molar-refractivity contribution in [1.82, 2.24) is 9.88 Å². The van der Waals surface area contributed by atoms with Gasteiger partial charge in [-0.25, -0.2) is 9.37 Å². The molecular formula is C22H25FN2O3. The lowest BCUT2D eigenvalue weighted by Gasteiger charge is -2.39. The molecule has 2 fully saturated rings. The number of nitrogens with zero attached hydrogens (tertiary/aromatic N) is 2. The number of rotatable bonds is 5. The lowest BCUT2D eigenvalue weighted by atomic mass is 9.73. The van der Waals surface area contributed by atoms with Crippen LogP contribution in [-0.4, -0.2) is 48.7 Å². The number of carbonyl (C=O) groups excluding carboxylic acids is 1. The molecule has 0 bridgehead atoms. The van der Waals surface area contributed by atoms with Gasteiger partial charge in [-0.2, -0.15) is 0 Å². The van der Waals surface area contributed by atoms with Gasteiger partial charge in [0, 0.05) is 38.3 Å². The van der Waals surface area contributed by atoms with Crippen molar-refractivity contribution in [2.75, 3.05) is 32.9 Å². The molecule has 1 aromatic carbocycles. The van der Waals surface area contributed by atoms with Crippen molar-refractivity contribution in [2.45, 2.75) is 24.7 Å². The molecule has 1 amide bonds. The molecule has 1 unspecified atom stereocenters. The summed E-state index contributed by atoms with van der Waals surface area (Å²) in [4.78, 5) is 19.5. The van der Waals surface area contributed by atoms with E-state index in [2.05, 4.69) is 17.1 Å². The molecule has 28 heavy (non-hydrogen) atoms. The summed E-state index contributed by atoms with van der Waals surface area (Å²) in [6.07, 6.45) is 3.48. The minimum absolute atomic E-state index is 0.199. The Morgan fingerprint density at radius 3 is 2.71 bits per heavy atom. The van der Waals surface area contributed by atoms with Crippen LogP contribution in [0.5, 0.6) is 5.88 Å². The van der Waals surface area contributed by atoms with Gasteiger partial charge in [0.15, 0.2) is 0 Å². The molecule has 5 nitrogen and oxygen atoms in total. The molecule has 0 saturated carbocycles. The average molecular weight is 384 g/mol. The van der Waals surface area contributed by atoms with Gasteiger partial charge in [0.2, 0.25) is 11.8 Å². The Morgan fingerprint density at radius 1 is 1.21 bits per heavy atom. The van der Waals surface area contributed by atoms with Crippen LogP contribution in [0.3, 0.4) is 0 Å². The molecule has 0 aliphatic carbocycles. The van der Waals surface area contributed by atoms with Crippen molar-refractivity contribution in [3.05, 3.63) is 60.0 Å². The van der Waals surface area contributed by atoms with Crippen LogP contribution < -0.4 is 4.74 Å². The van der Waals surface area contributed by atoms with E-state index in [-0.39, 0.29) is 17.6 Å². The zero-order chi connectivity index (χ0) is 19.4. The molecule has 2 saturated heterocycles. The summed E-state index contributed by atoms with van der Waals surface area (Å²) < 4.78 is 24.2. The first kappa shape index (κ1) is 18.9. The SMILES string of the molecule is O=C(N1CCC(COc2ccc(F)cn2)C1)C1(c2ccccc2)CCOCC1. The third-order valence-electron chi connectivity index (χ3n) is 5.82. The van der Waals surface area contributed by atoms with Crippen LogP contribution in [0.15, 0.2) is 48.7 Å². The largest absolute Gasteiger partial charge is 0.477 e. The fourth-order valence-corrected chi connectivity index (χ4v) is 4.21. The molecule has 0 spiro atoms. The Bertz CT molecular complexity index is 791. The number of hydrogen-bond donors (Lipinski definition) is 0. The maximum atomic E-state index is 13.6. The molecule has 2 aromatic rings. The number of hydrogen-bond acceptors (Lipinski definition) is 4. The number of ether oxygens (including phenoxy) is 2. The highest BCUT2D eigenvalue weighted by Gasteiger charge is 2.45. The van der Waals surface area contributed by atoms with Gasteiger partial charge in [0.1, 0.15) is 5.82 Å². The summed E-state index contributed by atoms with van der Waals surface area (Å²) in [5.74, 6) is 0.483. The van der Waals surface area contributed by atoms with Crippen LogP contribution in [0.25, 0.3) is 0 Å². The highest BCUT2D eigenvalue weighted by Crippen LogP contribution is 2.38. The zero-order valence-electron chi connectivity index (χ0n) is 15.9. The van der Waals surface area contributed by atoms with Gasteiger partial charge >= 0.3 is 0 Å². The number of halogens is 1. The second-order valence-corrected chi connectivity index (χ2v) is 7.59. The van der Waals surface area contributed by atoms with Crippen LogP contribution in [0.4, 0.5) is 4.39 Å². The minimum Gasteiger partial charge on any atom is -0.477 e. The van der Waals surface area contributed by atoms with Gasteiger partial charge in [0.25, 0.3) is 0 Å². The Balaban J connectivity index is 1.42. The molecule has 1 atom stereocenters. The molecule has 0 N–H and O–H groups in total. The summed E-state index contributed by atoms with van der Waals surface area (Å²) in [5.41, 5.74) is 0.590. The van der Waals surface area contributed by atoms with E-state index in [9.17, 15) is 9.18 Å². The first-order valence-electron chi connectivity index (χ1n) is 9.84. The molecule has 2 aliphatic heterocycles. The van der Waals surface area contributed by atoms with E-state index in [1.165, 1.54) is 12.1 Å². The van der Waals surface area contributed by atoms with E-state index in [1.54, 1.807) is 0 Å². The number of benzene rings is 1. The quantitative estimate of drug-likeness (QED) is 0.794. The summed E-state index contributed by atoms with van der Waals surface area (Å²) >= 11 is 0. The molecule has 0 radical (unpaired) electrons. The number of amides is 1. The van der Waals surface area contributed by atoms with E-state index in [0.717, 1.165) is 24.7 Å². The minimum atomic E-state index is -0.492. The van der Waals surface area contributed by atoms with Crippen molar-refractivity contribution in [1.29, 1.82) is 0 Å². The predicted octanol–water partition coefficient (Wildman–Crippen LogP) is 3.20. The molecule has 148 valence electrons. The van der Waals surface area contributed by atoms with Crippen molar-refractivity contribution in [2.24, 2.45) is 5.92 Å². The third-order valence-corrected chi connectivity index (χ3v) is 5.82. The van der Waals surface area contributed by atoms with E-state index < -0.39 is 5.41 Å². The zero-order valence-corrected chi connectivity index (χ0v) is 15.9. The molecule has 1 aromatic heterocycles. The topological polar surface area (TPSA) is 51.7 Å². The smallest absolute Gasteiger partial charge is 0.233 e. The number of carbonyl (C=O) groups is 1. The summed E-state index contributed by atoms with van der Waals surface area (Å²) in [6.45, 7) is 3.10. The third kappa shape index (κ3) is 3.87. The fraction of sp³-hybridized carbons (Fsp3) is 0.455. The van der Waals surface area contributed by atoms with E-state index in [1.807, 2.05) is 23.1 Å². The van der Waals surface area contributed by atoms with Crippen LogP contribution in [0.1, 0.15) is 24.8 Å². The van der Waals surface area contributed by atoms with Gasteiger partial charge in [-0.05, 0) is 30.9 Å².